The number of alkyl halides is 1. The van der Waals surface area contributed by atoms with Crippen LogP contribution in [0.3, 0.4) is 0 Å². The van der Waals surface area contributed by atoms with E-state index >= 15 is 0 Å². The first-order valence-corrected chi connectivity index (χ1v) is 10.2. The summed E-state index contributed by atoms with van der Waals surface area (Å²) in [5.41, 5.74) is 0.602. The van der Waals surface area contributed by atoms with Crippen molar-refractivity contribution in [1.29, 1.82) is 0 Å². The fourth-order valence-corrected chi connectivity index (χ4v) is 7.08. The lowest BCUT2D eigenvalue weighted by atomic mass is 9.63. The Bertz CT molecular complexity index is 668. The largest absolute Gasteiger partial charge is 0.366 e. The van der Waals surface area contributed by atoms with Crippen LogP contribution in [-0.4, -0.2) is 42.3 Å². The molecule has 1 aromatic rings. The van der Waals surface area contributed by atoms with Gasteiger partial charge in [-0.2, -0.15) is 0 Å². The highest BCUT2D eigenvalue weighted by Crippen LogP contribution is 2.51. The molecule has 1 saturated carbocycles. The number of halogens is 1. The fraction of sp³-hybridized carbons (Fsp3) is 0.647. The average Bonchev–Trinajstić information content (AvgIpc) is 2.69. The normalized spacial score (nSPS) is 36.6. The minimum absolute atomic E-state index is 0.0303. The number of benzene rings is 1. The zero-order valence-electron chi connectivity index (χ0n) is 13.4. The third-order valence-electron chi connectivity index (χ3n) is 4.98. The van der Waals surface area contributed by atoms with Crippen LogP contribution in [0.4, 0.5) is 0 Å². The number of rotatable bonds is 3. The summed E-state index contributed by atoms with van der Waals surface area (Å²) in [4.78, 5) is 0. The van der Waals surface area contributed by atoms with E-state index in [4.69, 9.17) is 16.3 Å². The fourth-order valence-electron chi connectivity index (χ4n) is 4.16. The maximum Gasteiger partial charge on any atom is 0.160 e. The minimum atomic E-state index is -3.10. The van der Waals surface area contributed by atoms with Gasteiger partial charge in [0.05, 0.1) is 23.0 Å². The number of sulfone groups is 1. The van der Waals surface area contributed by atoms with Crippen LogP contribution in [0.5, 0.6) is 0 Å². The Morgan fingerprint density at radius 2 is 1.96 bits per heavy atom. The van der Waals surface area contributed by atoms with Gasteiger partial charge in [-0.25, -0.2) is 8.42 Å². The third kappa shape index (κ3) is 3.43. The highest BCUT2D eigenvalue weighted by atomic mass is 35.5. The monoisotopic (exact) mass is 358 g/mol. The highest BCUT2D eigenvalue weighted by Gasteiger charge is 2.56. The Morgan fingerprint density at radius 1 is 1.30 bits per heavy atom. The Hall–Kier alpha value is -0.620. The molecule has 3 rings (SSSR count). The van der Waals surface area contributed by atoms with E-state index in [-0.39, 0.29) is 28.9 Å². The van der Waals surface area contributed by atoms with Crippen molar-refractivity contribution in [3.05, 3.63) is 35.9 Å². The summed E-state index contributed by atoms with van der Waals surface area (Å²) >= 11 is 6.56. The van der Waals surface area contributed by atoms with Gasteiger partial charge < -0.3 is 9.84 Å². The van der Waals surface area contributed by atoms with Crippen LogP contribution >= 0.6 is 11.6 Å². The molecule has 4 nitrogen and oxygen atoms in total. The third-order valence-corrected chi connectivity index (χ3v) is 7.28. The molecule has 0 aromatic heterocycles. The second kappa shape index (κ2) is 5.73. The number of ether oxygens (including phenoxy) is 1. The predicted octanol–water partition coefficient (Wildman–Crippen LogP) is 2.48. The van der Waals surface area contributed by atoms with Crippen molar-refractivity contribution in [3.8, 4) is 0 Å². The summed E-state index contributed by atoms with van der Waals surface area (Å²) in [5.74, 6) is -0.996. The molecule has 2 aliphatic rings. The smallest absolute Gasteiger partial charge is 0.160 e. The first-order chi connectivity index (χ1) is 10.6. The van der Waals surface area contributed by atoms with E-state index in [1.807, 2.05) is 30.3 Å². The number of hydrogen-bond acceptors (Lipinski definition) is 4. The van der Waals surface area contributed by atoms with Gasteiger partial charge in [-0.15, -0.1) is 11.6 Å². The molecule has 0 unspecified atom stereocenters. The maximum absolute atomic E-state index is 12.3. The van der Waals surface area contributed by atoms with E-state index in [1.165, 1.54) is 0 Å². The van der Waals surface area contributed by atoms with E-state index in [2.05, 4.69) is 0 Å². The molecule has 6 heteroatoms. The summed E-state index contributed by atoms with van der Waals surface area (Å²) in [6, 6.07) is 9.80. The van der Waals surface area contributed by atoms with Gasteiger partial charge in [0, 0.05) is 5.41 Å². The quantitative estimate of drug-likeness (QED) is 0.666. The minimum Gasteiger partial charge on any atom is -0.366 e. The lowest BCUT2D eigenvalue weighted by Gasteiger charge is -2.45. The number of fused-ring (bicyclic) bond motifs is 1. The molecule has 0 radical (unpaired) electrons. The van der Waals surface area contributed by atoms with Crippen molar-refractivity contribution in [2.24, 2.45) is 5.92 Å². The van der Waals surface area contributed by atoms with E-state index in [9.17, 15) is 13.5 Å². The summed E-state index contributed by atoms with van der Waals surface area (Å²) in [6.07, 6.45) is 0.752. The molecule has 23 heavy (non-hydrogen) atoms. The van der Waals surface area contributed by atoms with Gasteiger partial charge in [-0.05, 0) is 38.2 Å². The van der Waals surface area contributed by atoms with Gasteiger partial charge in [0.15, 0.2) is 15.6 Å². The molecule has 0 bridgehead atoms. The Labute approximate surface area is 142 Å². The van der Waals surface area contributed by atoms with Gasteiger partial charge >= 0.3 is 0 Å². The topological polar surface area (TPSA) is 63.6 Å². The molecule has 4 atom stereocenters. The van der Waals surface area contributed by atoms with Crippen LogP contribution < -0.4 is 0 Å². The average molecular weight is 359 g/mol. The van der Waals surface area contributed by atoms with Crippen molar-refractivity contribution >= 4 is 21.4 Å². The van der Waals surface area contributed by atoms with Crippen molar-refractivity contribution in [1.82, 2.24) is 0 Å². The van der Waals surface area contributed by atoms with E-state index in [0.29, 0.717) is 12.8 Å². The zero-order valence-corrected chi connectivity index (χ0v) is 15.0. The second-order valence-corrected chi connectivity index (χ2v) is 10.0. The van der Waals surface area contributed by atoms with Crippen LogP contribution in [0.1, 0.15) is 32.3 Å². The highest BCUT2D eigenvalue weighted by molar-refractivity contribution is 7.91. The Kier molecular flexibility index (Phi) is 4.28. The summed E-state index contributed by atoms with van der Waals surface area (Å²) in [7, 11) is -3.10. The maximum atomic E-state index is 12.3. The van der Waals surface area contributed by atoms with E-state index in [0.717, 1.165) is 5.56 Å². The molecule has 1 aliphatic heterocycles. The first kappa shape index (κ1) is 17.2. The van der Waals surface area contributed by atoms with Crippen molar-refractivity contribution in [2.75, 3.05) is 11.5 Å². The molecule has 1 aliphatic carbocycles. The lowest BCUT2D eigenvalue weighted by Crippen LogP contribution is -2.49. The van der Waals surface area contributed by atoms with E-state index in [1.54, 1.807) is 13.8 Å². The van der Waals surface area contributed by atoms with Crippen molar-refractivity contribution in [3.63, 3.8) is 0 Å². The standard InChI is InChI=1S/C17H23ClO4S/c1-16(2,19)22-15-8-13-10-23(20,21)11-17(13,9-14(15)18)12-6-4-3-5-7-12/h3-7,13-15,19H,8-11H2,1-2H3/t13-,14+,15+,17+/m0/s1. The lowest BCUT2D eigenvalue weighted by molar-refractivity contribution is -0.214. The van der Waals surface area contributed by atoms with E-state index < -0.39 is 21.0 Å². The second-order valence-electron chi connectivity index (χ2n) is 7.33. The van der Waals surface area contributed by atoms with Crippen LogP contribution in [0.25, 0.3) is 0 Å². The predicted molar refractivity (Wildman–Crippen MR) is 90.3 cm³/mol. The molecule has 0 spiro atoms. The molecule has 1 N–H and O–H groups in total. The van der Waals surface area contributed by atoms with Crippen LogP contribution in [0.15, 0.2) is 30.3 Å². The summed E-state index contributed by atoms with van der Waals surface area (Å²) in [5, 5.41) is 9.59. The molecule has 0 amide bonds. The molecule has 2 fully saturated rings. The van der Waals surface area contributed by atoms with Gasteiger partial charge in [0.1, 0.15) is 0 Å². The molecule has 1 heterocycles. The summed E-state index contributed by atoms with van der Waals surface area (Å²) in [6.45, 7) is 3.14. The first-order valence-electron chi connectivity index (χ1n) is 7.92. The van der Waals surface area contributed by atoms with Crippen LogP contribution in [0, 0.1) is 5.92 Å². The molecular formula is C17H23ClO4S. The van der Waals surface area contributed by atoms with Gasteiger partial charge in [-0.1, -0.05) is 30.3 Å². The molecule has 1 saturated heterocycles. The Balaban J connectivity index is 1.96. The van der Waals surface area contributed by atoms with Gasteiger partial charge in [-0.3, -0.25) is 0 Å². The van der Waals surface area contributed by atoms with Gasteiger partial charge in [0.25, 0.3) is 0 Å². The number of aliphatic hydroxyl groups is 1. The zero-order chi connectivity index (χ0) is 16.9. The molecular weight excluding hydrogens is 336 g/mol. The number of hydrogen-bond donors (Lipinski definition) is 1. The van der Waals surface area contributed by atoms with Crippen molar-refractivity contribution < 1.29 is 18.3 Å². The van der Waals surface area contributed by atoms with Crippen molar-refractivity contribution in [2.45, 2.75) is 49.4 Å². The summed E-state index contributed by atoms with van der Waals surface area (Å²) < 4.78 is 30.4. The van der Waals surface area contributed by atoms with Crippen LogP contribution in [-0.2, 0) is 20.0 Å². The van der Waals surface area contributed by atoms with Crippen LogP contribution in [0.2, 0.25) is 0 Å². The molecule has 1 aromatic carbocycles. The SMILES string of the molecule is CC(C)(O)O[C@@H]1C[C@H]2CS(=O)(=O)C[C@@]2(c2ccccc2)C[C@H]1Cl. The Morgan fingerprint density at radius 3 is 2.57 bits per heavy atom. The molecule has 128 valence electrons. The van der Waals surface area contributed by atoms with Gasteiger partial charge in [0.2, 0.25) is 0 Å².